The number of aromatic nitrogens is 1. The number of nitrogens with zero attached hydrogens (tertiary/aromatic N) is 1. The molecule has 0 aliphatic carbocycles. The van der Waals surface area contributed by atoms with E-state index in [9.17, 15) is 9.59 Å². The summed E-state index contributed by atoms with van der Waals surface area (Å²) in [5, 5.41) is 8.08. The van der Waals surface area contributed by atoms with E-state index in [2.05, 4.69) is 15.6 Å². The van der Waals surface area contributed by atoms with Gasteiger partial charge in [0.15, 0.2) is 5.13 Å². The van der Waals surface area contributed by atoms with E-state index in [0.29, 0.717) is 23.5 Å². The largest absolute Gasteiger partial charge is 0.326 e. The van der Waals surface area contributed by atoms with Crippen LogP contribution in [0.1, 0.15) is 22.5 Å². The molecular weight excluding hydrogens is 378 g/mol. The number of hydrogen-bond donors (Lipinski definition) is 2. The molecule has 2 aromatic carbocycles. The van der Waals surface area contributed by atoms with Gasteiger partial charge < -0.3 is 5.32 Å². The zero-order valence-electron chi connectivity index (χ0n) is 14.8. The van der Waals surface area contributed by atoms with Crippen LogP contribution in [0.3, 0.4) is 0 Å². The number of carbonyl (C=O) groups excluding carboxylic acids is 2. The summed E-state index contributed by atoms with van der Waals surface area (Å²) in [4.78, 5) is 29.8. The van der Waals surface area contributed by atoms with Gasteiger partial charge in [-0.05, 0) is 43.0 Å². The Hall–Kier alpha value is -2.64. The Morgan fingerprint density at radius 1 is 1.07 bits per heavy atom. The zero-order chi connectivity index (χ0) is 19.1. The second kappa shape index (κ2) is 9.34. The van der Waals surface area contributed by atoms with Crippen LogP contribution in [0.25, 0.3) is 0 Å². The maximum absolute atomic E-state index is 12.1. The van der Waals surface area contributed by atoms with Gasteiger partial charge in [-0.1, -0.05) is 24.3 Å². The highest BCUT2D eigenvalue weighted by molar-refractivity contribution is 7.98. The predicted octanol–water partition coefficient (Wildman–Crippen LogP) is 4.69. The van der Waals surface area contributed by atoms with Gasteiger partial charge in [0, 0.05) is 27.9 Å². The summed E-state index contributed by atoms with van der Waals surface area (Å²) in [5.74, 6) is -0.251. The van der Waals surface area contributed by atoms with Crippen LogP contribution in [0.2, 0.25) is 0 Å². The molecule has 0 aliphatic rings. The van der Waals surface area contributed by atoms with Crippen LogP contribution in [0.5, 0.6) is 0 Å². The van der Waals surface area contributed by atoms with Crippen molar-refractivity contribution in [2.45, 2.75) is 17.7 Å². The standard InChI is InChI=1S/C20H19N3O2S2/c1-26-17-9-5-8-15(12-17)21-18(24)11-10-16-13-27-20(22-16)23-19(25)14-6-3-2-4-7-14/h2-9,12-13H,10-11H2,1H3,(H,21,24)(H,22,23,25). The van der Waals surface area contributed by atoms with Gasteiger partial charge in [0.25, 0.3) is 5.91 Å². The van der Waals surface area contributed by atoms with Crippen molar-refractivity contribution in [3.05, 3.63) is 71.2 Å². The van der Waals surface area contributed by atoms with Gasteiger partial charge in [-0.15, -0.1) is 23.1 Å². The molecule has 0 spiro atoms. The van der Waals surface area contributed by atoms with Crippen LogP contribution in [-0.2, 0) is 11.2 Å². The summed E-state index contributed by atoms with van der Waals surface area (Å²) in [6.07, 6.45) is 2.85. The van der Waals surface area contributed by atoms with Gasteiger partial charge >= 0.3 is 0 Å². The highest BCUT2D eigenvalue weighted by Gasteiger charge is 2.10. The number of thiazole rings is 1. The van der Waals surface area contributed by atoms with Gasteiger partial charge in [-0.3, -0.25) is 14.9 Å². The number of thioether (sulfide) groups is 1. The maximum Gasteiger partial charge on any atom is 0.257 e. The monoisotopic (exact) mass is 397 g/mol. The van der Waals surface area contributed by atoms with E-state index in [1.807, 2.05) is 54.1 Å². The van der Waals surface area contributed by atoms with Crippen LogP contribution >= 0.6 is 23.1 Å². The summed E-state index contributed by atoms with van der Waals surface area (Å²) < 4.78 is 0. The van der Waals surface area contributed by atoms with Gasteiger partial charge in [0.1, 0.15) is 0 Å². The Labute approximate surface area is 166 Å². The molecule has 0 saturated heterocycles. The minimum atomic E-state index is -0.192. The molecule has 1 heterocycles. The van der Waals surface area contributed by atoms with Crippen molar-refractivity contribution in [2.75, 3.05) is 16.9 Å². The van der Waals surface area contributed by atoms with E-state index in [1.165, 1.54) is 11.3 Å². The number of hydrogen-bond acceptors (Lipinski definition) is 5. The average molecular weight is 398 g/mol. The van der Waals surface area contributed by atoms with E-state index < -0.39 is 0 Å². The fourth-order valence-corrected chi connectivity index (χ4v) is 3.60. The molecule has 0 bridgehead atoms. The van der Waals surface area contributed by atoms with Gasteiger partial charge in [0.05, 0.1) is 5.69 Å². The van der Waals surface area contributed by atoms with Crippen LogP contribution in [0.15, 0.2) is 64.9 Å². The zero-order valence-corrected chi connectivity index (χ0v) is 16.4. The number of rotatable bonds is 7. The molecule has 2 amide bonds. The molecule has 1 aromatic heterocycles. The highest BCUT2D eigenvalue weighted by atomic mass is 32.2. The summed E-state index contributed by atoms with van der Waals surface area (Å²) >= 11 is 2.99. The van der Waals surface area contributed by atoms with Crippen LogP contribution in [-0.4, -0.2) is 23.1 Å². The second-order valence-electron chi connectivity index (χ2n) is 5.74. The molecule has 0 aliphatic heterocycles. The topological polar surface area (TPSA) is 71.1 Å². The first-order chi connectivity index (χ1) is 13.1. The SMILES string of the molecule is CSc1cccc(NC(=O)CCc2csc(NC(=O)c3ccccc3)n2)c1. The molecule has 0 fully saturated rings. The van der Waals surface area contributed by atoms with E-state index in [4.69, 9.17) is 0 Å². The predicted molar refractivity (Wildman–Crippen MR) is 112 cm³/mol. The Morgan fingerprint density at radius 3 is 2.67 bits per heavy atom. The lowest BCUT2D eigenvalue weighted by molar-refractivity contribution is -0.116. The van der Waals surface area contributed by atoms with E-state index in [1.54, 1.807) is 23.9 Å². The van der Waals surface area contributed by atoms with Crippen molar-refractivity contribution in [2.24, 2.45) is 0 Å². The molecule has 0 saturated carbocycles. The Morgan fingerprint density at radius 2 is 1.89 bits per heavy atom. The van der Waals surface area contributed by atoms with Gasteiger partial charge in [0.2, 0.25) is 5.91 Å². The first-order valence-corrected chi connectivity index (χ1v) is 10.5. The quantitative estimate of drug-likeness (QED) is 0.568. The Bertz CT molecular complexity index is 926. The second-order valence-corrected chi connectivity index (χ2v) is 7.48. The summed E-state index contributed by atoms with van der Waals surface area (Å²) in [5.41, 5.74) is 2.17. The maximum atomic E-state index is 12.1. The third-order valence-corrected chi connectivity index (χ3v) is 5.30. The summed E-state index contributed by atoms with van der Waals surface area (Å²) in [6.45, 7) is 0. The molecule has 3 aromatic rings. The molecule has 0 unspecified atom stereocenters. The van der Waals surface area contributed by atoms with Crippen LogP contribution < -0.4 is 10.6 Å². The molecule has 5 nitrogen and oxygen atoms in total. The molecular formula is C20H19N3O2S2. The molecule has 2 N–H and O–H groups in total. The van der Waals surface area contributed by atoms with Crippen molar-refractivity contribution >= 4 is 45.7 Å². The minimum absolute atomic E-state index is 0.0591. The lowest BCUT2D eigenvalue weighted by Crippen LogP contribution is -2.13. The summed E-state index contributed by atoms with van der Waals surface area (Å²) in [6, 6.07) is 16.7. The number of benzene rings is 2. The average Bonchev–Trinajstić information content (AvgIpc) is 3.14. The van der Waals surface area contributed by atoms with Crippen molar-refractivity contribution < 1.29 is 9.59 Å². The Kier molecular flexibility index (Phi) is 6.62. The number of aryl methyl sites for hydroxylation is 1. The number of nitrogens with one attached hydrogen (secondary N) is 2. The first kappa shape index (κ1) is 19.1. The molecule has 0 atom stereocenters. The molecule has 7 heteroatoms. The van der Waals surface area contributed by atoms with Crippen molar-refractivity contribution in [1.29, 1.82) is 0 Å². The van der Waals surface area contributed by atoms with Gasteiger partial charge in [-0.25, -0.2) is 4.98 Å². The van der Waals surface area contributed by atoms with Crippen LogP contribution in [0, 0.1) is 0 Å². The third-order valence-electron chi connectivity index (χ3n) is 3.77. The number of carbonyl (C=O) groups is 2. The molecule has 0 radical (unpaired) electrons. The van der Waals surface area contributed by atoms with E-state index >= 15 is 0 Å². The van der Waals surface area contributed by atoms with Gasteiger partial charge in [-0.2, -0.15) is 0 Å². The smallest absolute Gasteiger partial charge is 0.257 e. The normalized spacial score (nSPS) is 10.4. The fraction of sp³-hybridized carbons (Fsp3) is 0.150. The lowest BCUT2D eigenvalue weighted by Gasteiger charge is -2.06. The number of amides is 2. The minimum Gasteiger partial charge on any atom is -0.326 e. The molecule has 3 rings (SSSR count). The Balaban J connectivity index is 1.50. The number of anilines is 2. The highest BCUT2D eigenvalue weighted by Crippen LogP contribution is 2.20. The van der Waals surface area contributed by atoms with Crippen molar-refractivity contribution in [3.8, 4) is 0 Å². The van der Waals surface area contributed by atoms with Crippen LogP contribution in [0.4, 0.5) is 10.8 Å². The van der Waals surface area contributed by atoms with E-state index in [-0.39, 0.29) is 11.8 Å². The summed E-state index contributed by atoms with van der Waals surface area (Å²) in [7, 11) is 0. The fourth-order valence-electron chi connectivity index (χ4n) is 2.40. The molecule has 27 heavy (non-hydrogen) atoms. The van der Waals surface area contributed by atoms with E-state index in [0.717, 1.165) is 16.3 Å². The lowest BCUT2D eigenvalue weighted by atomic mass is 10.2. The molecule has 138 valence electrons. The van der Waals surface area contributed by atoms with Crippen molar-refractivity contribution in [1.82, 2.24) is 4.98 Å². The van der Waals surface area contributed by atoms with Crippen molar-refractivity contribution in [3.63, 3.8) is 0 Å². The third kappa shape index (κ3) is 5.67. The first-order valence-electron chi connectivity index (χ1n) is 8.39.